The minimum absolute atomic E-state index is 0.570. The monoisotopic (exact) mass is 297 g/mol. The Morgan fingerprint density at radius 1 is 1.35 bits per heavy atom. The largest absolute Gasteiger partial charge is 0.480 e. The predicted molar refractivity (Wildman–Crippen MR) is 69.1 cm³/mol. The van der Waals surface area contributed by atoms with Crippen molar-refractivity contribution in [2.75, 3.05) is 12.4 Å². The lowest BCUT2D eigenvalue weighted by atomic mass is 10.1. The van der Waals surface area contributed by atoms with Crippen molar-refractivity contribution in [1.29, 1.82) is 0 Å². The van der Waals surface area contributed by atoms with E-state index in [1.807, 2.05) is 0 Å². The summed E-state index contributed by atoms with van der Waals surface area (Å²) < 4.78 is 5.97. The molecule has 92 valence electrons. The smallest absolute Gasteiger partial charge is 0.232 e. The summed E-state index contributed by atoms with van der Waals surface area (Å²) in [7, 11) is 1.62. The third kappa shape index (κ3) is 2.54. The number of ether oxygens (including phenoxy) is 1. The maximum atomic E-state index is 5.18. The number of hydrogen-bond acceptors (Lipinski definition) is 4. The molecule has 2 fully saturated rings. The Morgan fingerprint density at radius 2 is 2.00 bits per heavy atom. The van der Waals surface area contributed by atoms with Crippen LogP contribution in [0.15, 0.2) is 10.7 Å². The van der Waals surface area contributed by atoms with E-state index in [0.717, 1.165) is 16.3 Å². The van der Waals surface area contributed by atoms with Gasteiger partial charge in [0.1, 0.15) is 0 Å². The topological polar surface area (TPSA) is 47.0 Å². The van der Waals surface area contributed by atoms with Crippen LogP contribution in [-0.2, 0) is 0 Å². The van der Waals surface area contributed by atoms with Crippen LogP contribution in [0, 0.1) is 11.8 Å². The fourth-order valence-electron chi connectivity index (χ4n) is 2.24. The van der Waals surface area contributed by atoms with E-state index in [2.05, 4.69) is 31.2 Å². The second-order valence-electron chi connectivity index (χ2n) is 4.90. The first-order valence-electron chi connectivity index (χ1n) is 6.11. The normalized spacial score (nSPS) is 19.5. The van der Waals surface area contributed by atoms with E-state index in [1.54, 1.807) is 13.3 Å². The Kier molecular flexibility index (Phi) is 2.94. The van der Waals surface area contributed by atoms with Crippen LogP contribution in [0.25, 0.3) is 0 Å². The van der Waals surface area contributed by atoms with Crippen LogP contribution >= 0.6 is 15.9 Å². The molecule has 0 aromatic carbocycles. The van der Waals surface area contributed by atoms with Gasteiger partial charge < -0.3 is 10.1 Å². The molecular formula is C12H16BrN3O. The van der Waals surface area contributed by atoms with Gasteiger partial charge in [-0.3, -0.25) is 0 Å². The Bertz CT molecular complexity index is 406. The number of anilines is 1. The number of aromatic nitrogens is 2. The third-order valence-corrected chi connectivity index (χ3v) is 4.00. The molecule has 0 amide bonds. The summed E-state index contributed by atoms with van der Waals surface area (Å²) in [6, 6.07) is 0.570. The summed E-state index contributed by atoms with van der Waals surface area (Å²) in [5, 5.41) is 3.48. The zero-order valence-corrected chi connectivity index (χ0v) is 11.4. The van der Waals surface area contributed by atoms with Crippen molar-refractivity contribution in [3.05, 3.63) is 10.7 Å². The van der Waals surface area contributed by atoms with E-state index in [0.29, 0.717) is 17.9 Å². The minimum Gasteiger partial charge on any atom is -0.480 e. The Balaban J connectivity index is 1.74. The Labute approximate surface area is 109 Å². The molecule has 0 spiro atoms. The first kappa shape index (κ1) is 11.3. The molecule has 0 aliphatic heterocycles. The van der Waals surface area contributed by atoms with Crippen molar-refractivity contribution in [1.82, 2.24) is 9.97 Å². The molecule has 0 saturated heterocycles. The van der Waals surface area contributed by atoms with Crippen molar-refractivity contribution >= 4 is 21.9 Å². The number of rotatable bonds is 5. The molecule has 1 N–H and O–H groups in total. The number of halogens is 1. The lowest BCUT2D eigenvalue weighted by Crippen LogP contribution is -2.25. The molecule has 17 heavy (non-hydrogen) atoms. The highest BCUT2D eigenvalue weighted by Gasteiger charge is 2.41. The quantitative estimate of drug-likeness (QED) is 0.908. The van der Waals surface area contributed by atoms with Crippen LogP contribution in [0.4, 0.5) is 5.95 Å². The first-order valence-corrected chi connectivity index (χ1v) is 6.90. The fraction of sp³-hybridized carbons (Fsp3) is 0.667. The number of methoxy groups -OCH3 is 1. The van der Waals surface area contributed by atoms with E-state index in [4.69, 9.17) is 4.74 Å². The molecule has 2 aliphatic rings. The summed E-state index contributed by atoms with van der Waals surface area (Å²) in [6.07, 6.45) is 7.14. The highest BCUT2D eigenvalue weighted by molar-refractivity contribution is 9.10. The molecule has 4 nitrogen and oxygen atoms in total. The SMILES string of the molecule is COc1nc(NC(C2CC2)C2CC2)ncc1Br. The molecule has 3 rings (SSSR count). The van der Waals surface area contributed by atoms with Gasteiger partial charge in [-0.2, -0.15) is 4.98 Å². The zero-order valence-electron chi connectivity index (χ0n) is 9.82. The number of nitrogens with zero attached hydrogens (tertiary/aromatic N) is 2. The predicted octanol–water partition coefficient (Wildman–Crippen LogP) is 2.85. The average Bonchev–Trinajstić information content (AvgIpc) is 3.18. The number of nitrogens with one attached hydrogen (secondary N) is 1. The maximum Gasteiger partial charge on any atom is 0.232 e. The molecule has 0 atom stereocenters. The van der Waals surface area contributed by atoms with Crippen LogP contribution in [0.1, 0.15) is 25.7 Å². The van der Waals surface area contributed by atoms with Crippen molar-refractivity contribution < 1.29 is 4.74 Å². The molecule has 1 aromatic rings. The lowest BCUT2D eigenvalue weighted by molar-refractivity contribution is 0.394. The second-order valence-corrected chi connectivity index (χ2v) is 5.75. The summed E-state index contributed by atoms with van der Waals surface area (Å²) >= 11 is 3.36. The molecule has 5 heteroatoms. The molecule has 1 aromatic heterocycles. The molecule has 2 saturated carbocycles. The lowest BCUT2D eigenvalue weighted by Gasteiger charge is -2.17. The van der Waals surface area contributed by atoms with Gasteiger partial charge in [-0.05, 0) is 53.4 Å². The van der Waals surface area contributed by atoms with Gasteiger partial charge >= 0.3 is 0 Å². The second kappa shape index (κ2) is 4.44. The van der Waals surface area contributed by atoms with E-state index >= 15 is 0 Å². The minimum atomic E-state index is 0.570. The van der Waals surface area contributed by atoms with Gasteiger partial charge in [0.25, 0.3) is 0 Å². The van der Waals surface area contributed by atoms with Crippen molar-refractivity contribution in [2.24, 2.45) is 11.8 Å². The summed E-state index contributed by atoms with van der Waals surface area (Å²) in [4.78, 5) is 8.66. The highest BCUT2D eigenvalue weighted by Crippen LogP contribution is 2.45. The summed E-state index contributed by atoms with van der Waals surface area (Å²) in [5.74, 6) is 2.95. The number of hydrogen-bond donors (Lipinski definition) is 1. The van der Waals surface area contributed by atoms with Crippen molar-refractivity contribution in [2.45, 2.75) is 31.7 Å². The summed E-state index contributed by atoms with van der Waals surface area (Å²) in [6.45, 7) is 0. The van der Waals surface area contributed by atoms with Crippen LogP contribution in [0.2, 0.25) is 0 Å². The fourth-order valence-corrected chi connectivity index (χ4v) is 2.60. The summed E-state index contributed by atoms with van der Waals surface area (Å²) in [5.41, 5.74) is 0. The van der Waals surface area contributed by atoms with Gasteiger partial charge in [-0.25, -0.2) is 4.98 Å². The third-order valence-electron chi connectivity index (χ3n) is 3.46. The van der Waals surface area contributed by atoms with Crippen molar-refractivity contribution in [3.63, 3.8) is 0 Å². The van der Waals surface area contributed by atoms with Crippen LogP contribution in [0.3, 0.4) is 0 Å². The van der Waals surface area contributed by atoms with Gasteiger partial charge in [0.15, 0.2) is 0 Å². The van der Waals surface area contributed by atoms with Crippen LogP contribution < -0.4 is 10.1 Å². The molecule has 2 aliphatic carbocycles. The van der Waals surface area contributed by atoms with Gasteiger partial charge in [-0.15, -0.1) is 0 Å². The maximum absolute atomic E-state index is 5.18. The molecule has 0 radical (unpaired) electrons. The highest BCUT2D eigenvalue weighted by atomic mass is 79.9. The first-order chi connectivity index (χ1) is 8.28. The molecule has 0 bridgehead atoms. The molecule has 0 unspecified atom stereocenters. The van der Waals surface area contributed by atoms with E-state index in [-0.39, 0.29) is 0 Å². The van der Waals surface area contributed by atoms with Crippen molar-refractivity contribution in [3.8, 4) is 5.88 Å². The van der Waals surface area contributed by atoms with Crippen LogP contribution in [-0.4, -0.2) is 23.1 Å². The Hall–Kier alpha value is -0.840. The average molecular weight is 298 g/mol. The van der Waals surface area contributed by atoms with Gasteiger partial charge in [-0.1, -0.05) is 0 Å². The van der Waals surface area contributed by atoms with Gasteiger partial charge in [0.05, 0.1) is 17.8 Å². The standard InChI is InChI=1S/C12H16BrN3O/c1-17-11-9(13)6-14-12(16-11)15-10(7-2-3-7)8-4-5-8/h6-8,10H,2-5H2,1H3,(H,14,15,16). The van der Waals surface area contributed by atoms with E-state index < -0.39 is 0 Å². The molecular weight excluding hydrogens is 282 g/mol. The van der Waals surface area contributed by atoms with E-state index in [9.17, 15) is 0 Å². The van der Waals surface area contributed by atoms with E-state index in [1.165, 1.54) is 25.7 Å². The van der Waals surface area contributed by atoms with Gasteiger partial charge in [0, 0.05) is 6.04 Å². The zero-order chi connectivity index (χ0) is 11.8. The van der Waals surface area contributed by atoms with Crippen LogP contribution in [0.5, 0.6) is 5.88 Å². The molecule has 1 heterocycles. The Morgan fingerprint density at radius 3 is 2.53 bits per heavy atom. The van der Waals surface area contributed by atoms with Gasteiger partial charge in [0.2, 0.25) is 11.8 Å².